The van der Waals surface area contributed by atoms with Gasteiger partial charge in [-0.2, -0.15) is 18.3 Å². The molecule has 1 aromatic heterocycles. The first-order valence-electron chi connectivity index (χ1n) is 8.96. The average Bonchev–Trinajstić information content (AvgIpc) is 3.00. The van der Waals surface area contributed by atoms with Crippen LogP contribution in [-0.4, -0.2) is 33.7 Å². The normalized spacial score (nSPS) is 15.0. The Morgan fingerprint density at radius 1 is 1.22 bits per heavy atom. The van der Waals surface area contributed by atoms with E-state index in [0.717, 1.165) is 49.7 Å². The molecular formula is C19H23F3N4O. The van der Waals surface area contributed by atoms with Gasteiger partial charge in [-0.25, -0.2) is 0 Å². The molecule has 0 atom stereocenters. The van der Waals surface area contributed by atoms with Gasteiger partial charge in [-0.15, -0.1) is 0 Å². The molecule has 0 bridgehead atoms. The second-order valence-electron chi connectivity index (χ2n) is 7.24. The van der Waals surface area contributed by atoms with Crippen molar-refractivity contribution in [3.05, 3.63) is 52.8 Å². The summed E-state index contributed by atoms with van der Waals surface area (Å²) in [6, 6.07) is 6.15. The molecule has 3 rings (SSSR count). The molecule has 1 N–H and O–H groups in total. The summed E-state index contributed by atoms with van der Waals surface area (Å²) in [5.74, 6) is 0.179. The van der Waals surface area contributed by atoms with Crippen LogP contribution in [0.15, 0.2) is 30.3 Å². The lowest BCUT2D eigenvalue weighted by Crippen LogP contribution is -2.36. The number of alkyl halides is 3. The highest BCUT2D eigenvalue weighted by Gasteiger charge is 2.30. The lowest BCUT2D eigenvalue weighted by molar-refractivity contribution is -0.137. The summed E-state index contributed by atoms with van der Waals surface area (Å²) >= 11 is 0. The summed E-state index contributed by atoms with van der Waals surface area (Å²) in [4.78, 5) is 14.5. The fraction of sp³-hybridized carbons (Fsp3) is 0.474. The molecule has 1 amide bonds. The first-order valence-corrected chi connectivity index (χ1v) is 8.96. The molecule has 0 radical (unpaired) electrons. The minimum Gasteiger partial charge on any atom is -0.346 e. The Kier molecular flexibility index (Phi) is 5.55. The number of hydrogen-bond donors (Lipinski definition) is 1. The SMILES string of the molecule is CC(C)CN1CCn2nc(CNC(=O)c3ccc(C(F)(F)F)cc3)cc2C1. The van der Waals surface area contributed by atoms with Gasteiger partial charge in [0.1, 0.15) is 0 Å². The third-order valence-corrected chi connectivity index (χ3v) is 4.46. The number of benzene rings is 1. The Labute approximate surface area is 156 Å². The number of nitrogens with zero attached hydrogens (tertiary/aromatic N) is 3. The van der Waals surface area contributed by atoms with Crippen LogP contribution in [0.5, 0.6) is 0 Å². The molecular weight excluding hydrogens is 357 g/mol. The first kappa shape index (κ1) is 19.4. The number of nitrogens with one attached hydrogen (secondary N) is 1. The van der Waals surface area contributed by atoms with E-state index in [1.807, 2.05) is 10.7 Å². The molecule has 0 unspecified atom stereocenters. The first-order chi connectivity index (χ1) is 12.7. The van der Waals surface area contributed by atoms with Crippen LogP contribution in [0.4, 0.5) is 13.2 Å². The number of halogens is 3. The van der Waals surface area contributed by atoms with Crippen molar-refractivity contribution < 1.29 is 18.0 Å². The van der Waals surface area contributed by atoms with E-state index < -0.39 is 17.6 Å². The van der Waals surface area contributed by atoms with Crippen molar-refractivity contribution in [2.45, 2.75) is 39.7 Å². The molecule has 1 aromatic carbocycles. The van der Waals surface area contributed by atoms with Crippen molar-refractivity contribution in [1.29, 1.82) is 0 Å². The highest BCUT2D eigenvalue weighted by molar-refractivity contribution is 5.94. The molecule has 2 heterocycles. The second-order valence-corrected chi connectivity index (χ2v) is 7.24. The zero-order valence-electron chi connectivity index (χ0n) is 15.4. The van der Waals surface area contributed by atoms with Crippen LogP contribution >= 0.6 is 0 Å². The number of aromatic nitrogens is 2. The maximum Gasteiger partial charge on any atom is 0.416 e. The number of fused-ring (bicyclic) bond motifs is 1. The minimum atomic E-state index is -4.41. The van der Waals surface area contributed by atoms with Gasteiger partial charge in [-0.1, -0.05) is 13.8 Å². The lowest BCUT2D eigenvalue weighted by Gasteiger charge is -2.28. The molecule has 27 heavy (non-hydrogen) atoms. The number of carbonyl (C=O) groups is 1. The third kappa shape index (κ3) is 4.88. The van der Waals surface area contributed by atoms with Gasteiger partial charge in [0.15, 0.2) is 0 Å². The van der Waals surface area contributed by atoms with E-state index in [-0.39, 0.29) is 12.1 Å². The average molecular weight is 380 g/mol. The molecule has 5 nitrogen and oxygen atoms in total. The Balaban J connectivity index is 1.58. The van der Waals surface area contributed by atoms with Crippen molar-refractivity contribution >= 4 is 5.91 Å². The van der Waals surface area contributed by atoms with Crippen LogP contribution in [0.25, 0.3) is 0 Å². The summed E-state index contributed by atoms with van der Waals surface area (Å²) in [6.45, 7) is 8.24. The van der Waals surface area contributed by atoms with Crippen LogP contribution < -0.4 is 5.32 Å². The molecule has 0 saturated carbocycles. The summed E-state index contributed by atoms with van der Waals surface area (Å²) in [5.41, 5.74) is 1.28. The summed E-state index contributed by atoms with van der Waals surface area (Å²) in [7, 11) is 0. The molecule has 0 spiro atoms. The van der Waals surface area contributed by atoms with Gasteiger partial charge in [0.05, 0.1) is 30.0 Å². The zero-order chi connectivity index (χ0) is 19.6. The monoisotopic (exact) mass is 380 g/mol. The zero-order valence-corrected chi connectivity index (χ0v) is 15.4. The highest BCUT2D eigenvalue weighted by atomic mass is 19.4. The topological polar surface area (TPSA) is 50.2 Å². The van der Waals surface area contributed by atoms with Crippen LogP contribution in [-0.2, 0) is 25.8 Å². The standard InChI is InChI=1S/C19H23F3N4O/c1-13(2)11-25-7-8-26-17(12-25)9-16(24-26)10-23-18(27)14-3-5-15(6-4-14)19(20,21)22/h3-6,9,13H,7-8,10-12H2,1-2H3,(H,23,27). The van der Waals surface area contributed by atoms with E-state index in [1.165, 1.54) is 12.1 Å². The van der Waals surface area contributed by atoms with E-state index in [4.69, 9.17) is 0 Å². The lowest BCUT2D eigenvalue weighted by atomic mass is 10.1. The number of amides is 1. The van der Waals surface area contributed by atoms with Gasteiger partial charge >= 0.3 is 6.18 Å². The predicted molar refractivity (Wildman–Crippen MR) is 95.0 cm³/mol. The Bertz CT molecular complexity index is 796. The summed E-state index contributed by atoms with van der Waals surface area (Å²) < 4.78 is 39.7. The largest absolute Gasteiger partial charge is 0.416 e. The van der Waals surface area contributed by atoms with E-state index in [1.54, 1.807) is 0 Å². The predicted octanol–water partition coefficient (Wildman–Crippen LogP) is 3.30. The third-order valence-electron chi connectivity index (χ3n) is 4.46. The maximum absolute atomic E-state index is 12.6. The van der Waals surface area contributed by atoms with Gasteiger partial charge < -0.3 is 5.32 Å². The van der Waals surface area contributed by atoms with Crippen molar-refractivity contribution in [3.63, 3.8) is 0 Å². The van der Waals surface area contributed by atoms with Crippen LogP contribution in [0.2, 0.25) is 0 Å². The molecule has 2 aromatic rings. The smallest absolute Gasteiger partial charge is 0.346 e. The summed E-state index contributed by atoms with van der Waals surface area (Å²) in [6.07, 6.45) is -4.41. The Hall–Kier alpha value is -2.35. The molecule has 8 heteroatoms. The Morgan fingerprint density at radius 3 is 2.56 bits per heavy atom. The maximum atomic E-state index is 12.6. The van der Waals surface area contributed by atoms with Crippen LogP contribution in [0, 0.1) is 5.92 Å². The Morgan fingerprint density at radius 2 is 1.93 bits per heavy atom. The number of carbonyl (C=O) groups excluding carboxylic acids is 1. The number of rotatable bonds is 5. The van der Waals surface area contributed by atoms with Crippen LogP contribution in [0.3, 0.4) is 0 Å². The number of hydrogen-bond acceptors (Lipinski definition) is 3. The van der Waals surface area contributed by atoms with Gasteiger partial charge in [-0.05, 0) is 36.2 Å². The van der Waals surface area contributed by atoms with Gasteiger partial charge in [-0.3, -0.25) is 14.4 Å². The van der Waals surface area contributed by atoms with Gasteiger partial charge in [0, 0.05) is 25.2 Å². The fourth-order valence-electron chi connectivity index (χ4n) is 3.22. The molecule has 146 valence electrons. The van der Waals surface area contributed by atoms with Crippen molar-refractivity contribution in [3.8, 4) is 0 Å². The second kappa shape index (κ2) is 7.72. The van der Waals surface area contributed by atoms with Gasteiger partial charge in [0.2, 0.25) is 0 Å². The summed E-state index contributed by atoms with van der Waals surface area (Å²) in [5, 5.41) is 7.22. The molecule has 1 aliphatic heterocycles. The van der Waals surface area contributed by atoms with E-state index in [9.17, 15) is 18.0 Å². The van der Waals surface area contributed by atoms with E-state index in [0.29, 0.717) is 5.92 Å². The molecule has 0 fully saturated rings. The minimum absolute atomic E-state index is 0.190. The van der Waals surface area contributed by atoms with Crippen molar-refractivity contribution in [1.82, 2.24) is 20.0 Å². The van der Waals surface area contributed by atoms with Crippen LogP contribution in [0.1, 0.15) is 41.2 Å². The highest BCUT2D eigenvalue weighted by Crippen LogP contribution is 2.29. The van der Waals surface area contributed by atoms with E-state index >= 15 is 0 Å². The van der Waals surface area contributed by atoms with Gasteiger partial charge in [0.25, 0.3) is 5.91 Å². The molecule has 0 aliphatic carbocycles. The quantitative estimate of drug-likeness (QED) is 0.866. The fourth-order valence-corrected chi connectivity index (χ4v) is 3.22. The molecule has 1 aliphatic rings. The van der Waals surface area contributed by atoms with Crippen molar-refractivity contribution in [2.24, 2.45) is 5.92 Å². The molecule has 0 saturated heterocycles. The van der Waals surface area contributed by atoms with E-state index in [2.05, 4.69) is 29.2 Å². The van der Waals surface area contributed by atoms with Crippen molar-refractivity contribution in [2.75, 3.05) is 13.1 Å².